The predicted molar refractivity (Wildman–Crippen MR) is 69.8 cm³/mol. The molecule has 88 valence electrons. The van der Waals surface area contributed by atoms with Gasteiger partial charge in [0.2, 0.25) is 0 Å². The molecule has 0 fully saturated rings. The molecule has 0 spiro atoms. The van der Waals surface area contributed by atoms with E-state index in [2.05, 4.69) is 25.9 Å². The van der Waals surface area contributed by atoms with Crippen LogP contribution in [0.1, 0.15) is 17.4 Å². The summed E-state index contributed by atoms with van der Waals surface area (Å²) in [6.45, 7) is 0. The molecule has 5 heteroatoms. The Labute approximate surface area is 113 Å². The van der Waals surface area contributed by atoms with Gasteiger partial charge in [-0.1, -0.05) is 33.6 Å². The van der Waals surface area contributed by atoms with Crippen LogP contribution in [0.2, 0.25) is 5.02 Å². The molecule has 0 aliphatic rings. The highest BCUT2D eigenvalue weighted by molar-refractivity contribution is 9.10. The highest BCUT2D eigenvalue weighted by Gasteiger charge is 2.11. The molecule has 1 aromatic heterocycles. The van der Waals surface area contributed by atoms with Crippen LogP contribution in [0.4, 0.5) is 0 Å². The Balaban J connectivity index is 2.16. The van der Waals surface area contributed by atoms with Gasteiger partial charge in [0.15, 0.2) is 0 Å². The summed E-state index contributed by atoms with van der Waals surface area (Å²) in [5, 5.41) is 10.6. The van der Waals surface area contributed by atoms with E-state index in [9.17, 15) is 5.11 Å². The molecular weight excluding hydrogens is 304 g/mol. The third-order valence-corrected chi connectivity index (χ3v) is 3.22. The van der Waals surface area contributed by atoms with Gasteiger partial charge in [-0.25, -0.2) is 9.97 Å². The fraction of sp³-hybridized carbons (Fsp3) is 0.167. The lowest BCUT2D eigenvalue weighted by atomic mass is 10.1. The first-order valence-electron chi connectivity index (χ1n) is 5.04. The molecule has 0 saturated heterocycles. The summed E-state index contributed by atoms with van der Waals surface area (Å²) in [6, 6.07) is 7.28. The summed E-state index contributed by atoms with van der Waals surface area (Å²) in [6.07, 6.45) is 2.79. The standard InChI is InChI=1S/C12H10BrClN2O/c13-9-2-1-8(10(14)6-9)5-12(17)11-3-4-15-7-16-11/h1-4,6-7,12,17H,5H2. The van der Waals surface area contributed by atoms with Crippen molar-refractivity contribution >= 4 is 27.5 Å². The number of rotatable bonds is 3. The molecule has 0 aliphatic heterocycles. The summed E-state index contributed by atoms with van der Waals surface area (Å²) in [4.78, 5) is 7.82. The number of halogens is 2. The minimum Gasteiger partial charge on any atom is -0.386 e. The molecule has 2 aromatic rings. The van der Waals surface area contributed by atoms with Crippen LogP contribution in [-0.2, 0) is 6.42 Å². The zero-order chi connectivity index (χ0) is 12.3. The first-order chi connectivity index (χ1) is 8.16. The highest BCUT2D eigenvalue weighted by Crippen LogP contribution is 2.25. The second kappa shape index (κ2) is 5.58. The van der Waals surface area contributed by atoms with Crippen molar-refractivity contribution in [1.82, 2.24) is 9.97 Å². The van der Waals surface area contributed by atoms with E-state index in [1.807, 2.05) is 18.2 Å². The van der Waals surface area contributed by atoms with E-state index in [0.717, 1.165) is 10.0 Å². The lowest BCUT2D eigenvalue weighted by molar-refractivity contribution is 0.173. The first-order valence-corrected chi connectivity index (χ1v) is 6.22. The lowest BCUT2D eigenvalue weighted by Crippen LogP contribution is -2.04. The van der Waals surface area contributed by atoms with Crippen molar-refractivity contribution in [3.05, 3.63) is 57.5 Å². The first kappa shape index (κ1) is 12.5. The van der Waals surface area contributed by atoms with Gasteiger partial charge in [0.1, 0.15) is 12.4 Å². The molecule has 0 saturated carbocycles. The van der Waals surface area contributed by atoms with Crippen LogP contribution < -0.4 is 0 Å². The van der Waals surface area contributed by atoms with Crippen molar-refractivity contribution in [1.29, 1.82) is 0 Å². The Morgan fingerprint density at radius 1 is 1.35 bits per heavy atom. The molecule has 1 heterocycles. The number of hydrogen-bond acceptors (Lipinski definition) is 3. The van der Waals surface area contributed by atoms with Crippen molar-refractivity contribution in [2.75, 3.05) is 0 Å². The SMILES string of the molecule is OC(Cc1ccc(Br)cc1Cl)c1ccncn1. The molecule has 0 bridgehead atoms. The van der Waals surface area contributed by atoms with E-state index >= 15 is 0 Å². The average molecular weight is 314 g/mol. The minimum absolute atomic E-state index is 0.434. The largest absolute Gasteiger partial charge is 0.386 e. The van der Waals surface area contributed by atoms with Crippen LogP contribution in [0, 0.1) is 0 Å². The number of benzene rings is 1. The number of aliphatic hydroxyl groups excluding tert-OH is 1. The Kier molecular flexibility index (Phi) is 4.10. The van der Waals surface area contributed by atoms with E-state index in [0.29, 0.717) is 17.1 Å². The van der Waals surface area contributed by atoms with Crippen LogP contribution in [0.5, 0.6) is 0 Å². The predicted octanol–water partition coefficient (Wildman–Crippen LogP) is 3.17. The smallest absolute Gasteiger partial charge is 0.115 e. The molecule has 1 unspecified atom stereocenters. The third kappa shape index (κ3) is 3.25. The zero-order valence-electron chi connectivity index (χ0n) is 8.85. The van der Waals surface area contributed by atoms with Crippen LogP contribution in [0.3, 0.4) is 0 Å². The maximum atomic E-state index is 10.0. The van der Waals surface area contributed by atoms with Gasteiger partial charge in [-0.2, -0.15) is 0 Å². The van der Waals surface area contributed by atoms with Crippen LogP contribution >= 0.6 is 27.5 Å². The van der Waals surface area contributed by atoms with Gasteiger partial charge in [-0.15, -0.1) is 0 Å². The second-order valence-electron chi connectivity index (χ2n) is 3.59. The fourth-order valence-electron chi connectivity index (χ4n) is 1.50. The molecule has 2 rings (SSSR count). The van der Waals surface area contributed by atoms with Gasteiger partial charge in [-0.3, -0.25) is 0 Å². The molecule has 17 heavy (non-hydrogen) atoms. The fourth-order valence-corrected chi connectivity index (χ4v) is 2.25. The highest BCUT2D eigenvalue weighted by atomic mass is 79.9. The topological polar surface area (TPSA) is 46.0 Å². The van der Waals surface area contributed by atoms with Crippen LogP contribution in [0.15, 0.2) is 41.3 Å². The number of aromatic nitrogens is 2. The van der Waals surface area contributed by atoms with Gasteiger partial charge in [0.25, 0.3) is 0 Å². The molecule has 1 aromatic carbocycles. The minimum atomic E-state index is -0.670. The Bertz CT molecular complexity index is 507. The van der Waals surface area contributed by atoms with E-state index < -0.39 is 6.10 Å². The van der Waals surface area contributed by atoms with Crippen molar-refractivity contribution in [2.45, 2.75) is 12.5 Å². The molecule has 1 N–H and O–H groups in total. The van der Waals surface area contributed by atoms with E-state index in [1.54, 1.807) is 12.3 Å². The average Bonchev–Trinajstić information content (AvgIpc) is 2.34. The Morgan fingerprint density at radius 3 is 2.82 bits per heavy atom. The summed E-state index contributed by atoms with van der Waals surface area (Å²) in [5.41, 5.74) is 1.49. The number of nitrogens with zero attached hydrogens (tertiary/aromatic N) is 2. The number of aliphatic hydroxyl groups is 1. The zero-order valence-corrected chi connectivity index (χ0v) is 11.2. The maximum absolute atomic E-state index is 10.0. The normalized spacial score (nSPS) is 12.4. The summed E-state index contributed by atoms with van der Waals surface area (Å²) in [7, 11) is 0. The van der Waals surface area contributed by atoms with Gasteiger partial charge in [0, 0.05) is 22.1 Å². The van der Waals surface area contributed by atoms with Crippen molar-refractivity contribution in [3.8, 4) is 0 Å². The summed E-state index contributed by atoms with van der Waals surface area (Å²) in [5.74, 6) is 0. The third-order valence-electron chi connectivity index (χ3n) is 2.37. The van der Waals surface area contributed by atoms with Gasteiger partial charge in [0.05, 0.1) is 5.69 Å². The second-order valence-corrected chi connectivity index (χ2v) is 4.91. The molecular formula is C12H10BrClN2O. The van der Waals surface area contributed by atoms with Crippen LogP contribution in [0.25, 0.3) is 0 Å². The van der Waals surface area contributed by atoms with E-state index in [-0.39, 0.29) is 0 Å². The Morgan fingerprint density at radius 2 is 2.18 bits per heavy atom. The van der Waals surface area contributed by atoms with Crippen molar-refractivity contribution in [2.24, 2.45) is 0 Å². The monoisotopic (exact) mass is 312 g/mol. The molecule has 0 aliphatic carbocycles. The number of hydrogen-bond donors (Lipinski definition) is 1. The molecule has 3 nitrogen and oxygen atoms in total. The quantitative estimate of drug-likeness (QED) is 0.946. The van der Waals surface area contributed by atoms with Crippen molar-refractivity contribution < 1.29 is 5.11 Å². The van der Waals surface area contributed by atoms with Crippen LogP contribution in [-0.4, -0.2) is 15.1 Å². The summed E-state index contributed by atoms with van der Waals surface area (Å²) >= 11 is 9.43. The van der Waals surface area contributed by atoms with Crippen molar-refractivity contribution in [3.63, 3.8) is 0 Å². The van der Waals surface area contributed by atoms with Gasteiger partial charge >= 0.3 is 0 Å². The molecule has 0 amide bonds. The molecule has 1 atom stereocenters. The van der Waals surface area contributed by atoms with Gasteiger partial charge in [-0.05, 0) is 23.8 Å². The lowest BCUT2D eigenvalue weighted by Gasteiger charge is -2.11. The maximum Gasteiger partial charge on any atom is 0.115 e. The Hall–Kier alpha value is -0.970. The van der Waals surface area contributed by atoms with E-state index in [1.165, 1.54) is 6.33 Å². The summed E-state index contributed by atoms with van der Waals surface area (Å²) < 4.78 is 0.919. The van der Waals surface area contributed by atoms with E-state index in [4.69, 9.17) is 11.6 Å². The van der Waals surface area contributed by atoms with Gasteiger partial charge < -0.3 is 5.11 Å². The molecule has 0 radical (unpaired) electrons.